The van der Waals surface area contributed by atoms with Crippen LogP contribution in [0.2, 0.25) is 5.02 Å². The Morgan fingerprint density at radius 3 is 2.29 bits per heavy atom. The predicted octanol–water partition coefficient (Wildman–Crippen LogP) is 2.98. The van der Waals surface area contributed by atoms with Crippen molar-refractivity contribution in [2.45, 2.75) is 4.90 Å². The van der Waals surface area contributed by atoms with E-state index in [1.165, 1.54) is 22.8 Å². The Morgan fingerprint density at radius 1 is 0.871 bits per heavy atom. The van der Waals surface area contributed by atoms with Crippen LogP contribution in [-0.4, -0.2) is 58.7 Å². The number of halogens is 1. The molecule has 158 valence electrons. The molecule has 0 aliphatic carbocycles. The van der Waals surface area contributed by atoms with Gasteiger partial charge in [-0.05, 0) is 36.4 Å². The summed E-state index contributed by atoms with van der Waals surface area (Å²) in [6.07, 6.45) is 3.28. The van der Waals surface area contributed by atoms with Gasteiger partial charge in [-0.2, -0.15) is 9.40 Å². The first-order valence-corrected chi connectivity index (χ1v) is 11.6. The van der Waals surface area contributed by atoms with E-state index in [4.69, 9.17) is 11.6 Å². The van der Waals surface area contributed by atoms with E-state index in [9.17, 15) is 8.42 Å². The fraction of sp³-hybridized carbons (Fsp3) is 0.190. The molecule has 0 bridgehead atoms. The average molecular weight is 455 g/mol. The lowest BCUT2D eigenvalue weighted by Crippen LogP contribution is -2.49. The Balaban J connectivity index is 1.39. The maximum absolute atomic E-state index is 12.9. The van der Waals surface area contributed by atoms with Gasteiger partial charge in [-0.1, -0.05) is 29.8 Å². The van der Waals surface area contributed by atoms with Crippen molar-refractivity contribution < 1.29 is 8.42 Å². The van der Waals surface area contributed by atoms with Gasteiger partial charge in [0, 0.05) is 31.2 Å². The van der Waals surface area contributed by atoms with Crippen LogP contribution in [0.25, 0.3) is 16.7 Å². The summed E-state index contributed by atoms with van der Waals surface area (Å²) < 4.78 is 29.2. The number of anilines is 1. The molecule has 0 unspecified atom stereocenters. The van der Waals surface area contributed by atoms with E-state index in [0.29, 0.717) is 36.8 Å². The Labute approximate surface area is 184 Å². The summed E-state index contributed by atoms with van der Waals surface area (Å²) in [6, 6.07) is 16.0. The first kappa shape index (κ1) is 19.9. The third-order valence-corrected chi connectivity index (χ3v) is 7.50. The molecular formula is C21H19ClN6O2S. The number of piperazine rings is 1. The Morgan fingerprint density at radius 2 is 1.58 bits per heavy atom. The lowest BCUT2D eigenvalue weighted by Gasteiger charge is -2.34. The molecule has 0 amide bonds. The zero-order valence-electron chi connectivity index (χ0n) is 16.5. The first-order valence-electron chi connectivity index (χ1n) is 9.79. The minimum atomic E-state index is -3.56. The quantitative estimate of drug-likeness (QED) is 0.471. The number of fused-ring (bicyclic) bond motifs is 1. The van der Waals surface area contributed by atoms with Gasteiger partial charge < -0.3 is 4.90 Å². The number of benzene rings is 2. The van der Waals surface area contributed by atoms with Crippen LogP contribution in [0.4, 0.5) is 5.82 Å². The highest BCUT2D eigenvalue weighted by Crippen LogP contribution is 2.27. The second-order valence-electron chi connectivity index (χ2n) is 7.17. The number of hydrogen-bond acceptors (Lipinski definition) is 6. The SMILES string of the molecule is O=S(=O)(c1ccc(Cl)cc1)N1CCN(c2ncnc3c2cnn3-c2ccccc2)CC1. The average Bonchev–Trinajstić information content (AvgIpc) is 3.24. The fourth-order valence-electron chi connectivity index (χ4n) is 3.74. The Kier molecular flexibility index (Phi) is 5.09. The standard InChI is InChI=1S/C21H19ClN6O2S/c22-16-6-8-18(9-7-16)31(29,30)27-12-10-26(11-13-27)20-19-14-25-28(21(19)24-15-23-20)17-4-2-1-3-5-17/h1-9,14-15H,10-13H2. The molecule has 4 aromatic rings. The molecule has 1 aliphatic rings. The molecule has 3 heterocycles. The molecule has 0 saturated carbocycles. The van der Waals surface area contributed by atoms with Crippen molar-refractivity contribution >= 4 is 38.5 Å². The van der Waals surface area contributed by atoms with Crippen LogP contribution in [0.15, 0.2) is 72.0 Å². The molecule has 10 heteroatoms. The van der Waals surface area contributed by atoms with Gasteiger partial charge in [-0.15, -0.1) is 0 Å². The third-order valence-electron chi connectivity index (χ3n) is 5.34. The van der Waals surface area contributed by atoms with E-state index < -0.39 is 10.0 Å². The van der Waals surface area contributed by atoms with Gasteiger partial charge in [0.2, 0.25) is 10.0 Å². The van der Waals surface area contributed by atoms with Crippen LogP contribution in [0, 0.1) is 0 Å². The van der Waals surface area contributed by atoms with E-state index in [1.807, 2.05) is 30.3 Å². The van der Waals surface area contributed by atoms with E-state index in [-0.39, 0.29) is 4.90 Å². The van der Waals surface area contributed by atoms with Crippen LogP contribution in [0.1, 0.15) is 0 Å². The summed E-state index contributed by atoms with van der Waals surface area (Å²) in [5.41, 5.74) is 1.63. The number of nitrogens with zero attached hydrogens (tertiary/aromatic N) is 6. The lowest BCUT2D eigenvalue weighted by molar-refractivity contribution is 0.384. The number of hydrogen-bond donors (Lipinski definition) is 0. The van der Waals surface area contributed by atoms with Crippen molar-refractivity contribution in [2.75, 3.05) is 31.1 Å². The Hall–Kier alpha value is -3.01. The van der Waals surface area contributed by atoms with Crippen molar-refractivity contribution in [3.8, 4) is 5.69 Å². The summed E-state index contributed by atoms with van der Waals surface area (Å²) in [7, 11) is -3.56. The monoisotopic (exact) mass is 454 g/mol. The van der Waals surface area contributed by atoms with Crippen molar-refractivity contribution in [2.24, 2.45) is 0 Å². The van der Waals surface area contributed by atoms with E-state index in [1.54, 1.807) is 23.0 Å². The summed E-state index contributed by atoms with van der Waals surface area (Å²) in [5, 5.41) is 5.83. The molecule has 5 rings (SSSR count). The molecular weight excluding hydrogens is 436 g/mol. The highest BCUT2D eigenvalue weighted by atomic mass is 35.5. The molecule has 0 atom stereocenters. The Bertz CT molecular complexity index is 1320. The molecule has 1 saturated heterocycles. The van der Waals surface area contributed by atoms with Gasteiger partial charge in [0.15, 0.2) is 5.65 Å². The fourth-order valence-corrected chi connectivity index (χ4v) is 5.29. The number of rotatable bonds is 4. The lowest BCUT2D eigenvalue weighted by atomic mass is 10.3. The number of para-hydroxylation sites is 1. The van der Waals surface area contributed by atoms with Gasteiger partial charge in [0.1, 0.15) is 12.1 Å². The highest BCUT2D eigenvalue weighted by Gasteiger charge is 2.29. The van der Waals surface area contributed by atoms with Crippen LogP contribution in [-0.2, 0) is 10.0 Å². The van der Waals surface area contributed by atoms with Crippen LogP contribution in [0.5, 0.6) is 0 Å². The highest BCUT2D eigenvalue weighted by molar-refractivity contribution is 7.89. The van der Waals surface area contributed by atoms with Gasteiger partial charge in [-0.3, -0.25) is 0 Å². The predicted molar refractivity (Wildman–Crippen MR) is 119 cm³/mol. The molecule has 31 heavy (non-hydrogen) atoms. The topological polar surface area (TPSA) is 84.2 Å². The molecule has 0 spiro atoms. The second kappa shape index (κ2) is 7.92. The summed E-state index contributed by atoms with van der Waals surface area (Å²) in [5.74, 6) is 0.760. The number of aromatic nitrogens is 4. The first-order chi connectivity index (χ1) is 15.0. The molecule has 2 aromatic heterocycles. The summed E-state index contributed by atoms with van der Waals surface area (Å²) >= 11 is 5.89. The van der Waals surface area contributed by atoms with Crippen LogP contribution in [0.3, 0.4) is 0 Å². The largest absolute Gasteiger partial charge is 0.353 e. The van der Waals surface area contributed by atoms with Gasteiger partial charge in [0.05, 0.1) is 22.2 Å². The molecule has 0 N–H and O–H groups in total. The van der Waals surface area contributed by atoms with Gasteiger partial charge in [-0.25, -0.2) is 23.1 Å². The van der Waals surface area contributed by atoms with Gasteiger partial charge >= 0.3 is 0 Å². The summed E-state index contributed by atoms with van der Waals surface area (Å²) in [4.78, 5) is 11.2. The molecule has 2 aromatic carbocycles. The minimum absolute atomic E-state index is 0.249. The molecule has 8 nitrogen and oxygen atoms in total. The van der Waals surface area contributed by atoms with E-state index in [2.05, 4.69) is 20.0 Å². The molecule has 1 fully saturated rings. The van der Waals surface area contributed by atoms with Crippen molar-refractivity contribution in [3.05, 3.63) is 72.1 Å². The second-order valence-corrected chi connectivity index (χ2v) is 9.55. The third kappa shape index (κ3) is 3.65. The normalized spacial score (nSPS) is 15.5. The zero-order chi connectivity index (χ0) is 21.4. The van der Waals surface area contributed by atoms with Gasteiger partial charge in [0.25, 0.3) is 0 Å². The minimum Gasteiger partial charge on any atom is -0.353 e. The van der Waals surface area contributed by atoms with Crippen molar-refractivity contribution in [1.29, 1.82) is 0 Å². The maximum atomic E-state index is 12.9. The van der Waals surface area contributed by atoms with Crippen molar-refractivity contribution in [1.82, 2.24) is 24.1 Å². The zero-order valence-corrected chi connectivity index (χ0v) is 18.0. The maximum Gasteiger partial charge on any atom is 0.243 e. The van der Waals surface area contributed by atoms with Crippen LogP contribution >= 0.6 is 11.6 Å². The summed E-state index contributed by atoms with van der Waals surface area (Å²) in [6.45, 7) is 1.78. The number of sulfonamides is 1. The van der Waals surface area contributed by atoms with Crippen molar-refractivity contribution in [3.63, 3.8) is 0 Å². The smallest absolute Gasteiger partial charge is 0.243 e. The molecule has 1 aliphatic heterocycles. The molecule has 0 radical (unpaired) electrons. The van der Waals surface area contributed by atoms with E-state index >= 15 is 0 Å². The van der Waals surface area contributed by atoms with Crippen LogP contribution < -0.4 is 4.90 Å². The van der Waals surface area contributed by atoms with E-state index in [0.717, 1.165) is 16.9 Å².